The highest BCUT2D eigenvalue weighted by molar-refractivity contribution is 5.57. The third-order valence-corrected chi connectivity index (χ3v) is 5.88. The molecule has 2 unspecified atom stereocenters. The van der Waals surface area contributed by atoms with Crippen LogP contribution in [0.5, 0.6) is 0 Å². The number of aryl methyl sites for hydroxylation is 1. The number of hydrogen-bond acceptors (Lipinski definition) is 2. The Labute approximate surface area is 147 Å². The van der Waals surface area contributed by atoms with Gasteiger partial charge in [-0.05, 0) is 49.8 Å². The van der Waals surface area contributed by atoms with E-state index in [2.05, 4.69) is 73.3 Å². The standard InChI is InChI=1S/C22H28N2/c1-16-10-6-9-15-20(16)24-17(2)21(18-11-7-8-12-18)23-22(24)19-13-4-3-5-14-19/h3-6,9-10,13-15,17-18,21-23H,7-8,11-12H2,1-2H3/t17-,21?,22?/m0/s1/i/hD. The van der Waals surface area contributed by atoms with Gasteiger partial charge in [0.05, 0.1) is 0 Å². The molecular formula is C22H28N2. The van der Waals surface area contributed by atoms with Gasteiger partial charge in [0.1, 0.15) is 7.58 Å². The van der Waals surface area contributed by atoms with Crippen LogP contribution in [0.25, 0.3) is 0 Å². The molecule has 2 heteroatoms. The van der Waals surface area contributed by atoms with Crippen LogP contribution in [-0.4, -0.2) is 12.1 Å². The van der Waals surface area contributed by atoms with Gasteiger partial charge in [0.15, 0.2) is 0 Å². The van der Waals surface area contributed by atoms with Gasteiger partial charge in [0.25, 0.3) is 0 Å². The lowest BCUT2D eigenvalue weighted by Crippen LogP contribution is -2.38. The van der Waals surface area contributed by atoms with Crippen molar-refractivity contribution < 1.29 is 1.41 Å². The lowest BCUT2D eigenvalue weighted by molar-refractivity contribution is 0.367. The second-order valence-corrected chi connectivity index (χ2v) is 7.40. The van der Waals surface area contributed by atoms with E-state index in [0.29, 0.717) is 18.0 Å². The largest absolute Gasteiger partial charge is 0.347 e. The van der Waals surface area contributed by atoms with Gasteiger partial charge in [-0.25, -0.2) is 0 Å². The molecule has 126 valence electrons. The van der Waals surface area contributed by atoms with E-state index >= 15 is 0 Å². The van der Waals surface area contributed by atoms with Crippen LogP contribution in [0.2, 0.25) is 1.41 Å². The maximum Gasteiger partial charge on any atom is 0.125 e. The zero-order chi connectivity index (χ0) is 17.4. The average molecular weight is 321 g/mol. The Kier molecular flexibility index (Phi) is 4.00. The molecule has 24 heavy (non-hydrogen) atoms. The number of hydrogen-bond donors (Lipinski definition) is 1. The van der Waals surface area contributed by atoms with E-state index in [1.165, 1.54) is 42.5 Å². The van der Waals surface area contributed by atoms with Gasteiger partial charge in [0, 0.05) is 17.8 Å². The Morgan fingerprint density at radius 3 is 2.38 bits per heavy atom. The summed E-state index contributed by atoms with van der Waals surface area (Å²) in [6.07, 6.45) is 5.17. The predicted octanol–water partition coefficient (Wildman–Crippen LogP) is 5.05. The van der Waals surface area contributed by atoms with E-state index in [-0.39, 0.29) is 6.17 Å². The first-order valence-corrected chi connectivity index (χ1v) is 9.34. The smallest absolute Gasteiger partial charge is 0.125 e. The molecule has 1 saturated carbocycles. The van der Waals surface area contributed by atoms with Crippen LogP contribution in [0.4, 0.5) is 5.69 Å². The van der Waals surface area contributed by atoms with Crippen molar-refractivity contribution in [3.05, 3.63) is 65.7 Å². The highest BCUT2D eigenvalue weighted by Crippen LogP contribution is 2.41. The lowest BCUT2D eigenvalue weighted by Gasteiger charge is -2.32. The molecule has 2 aliphatic rings. The van der Waals surface area contributed by atoms with E-state index in [4.69, 9.17) is 1.41 Å². The number of nitrogens with one attached hydrogen (secondary N) is 1. The van der Waals surface area contributed by atoms with Crippen LogP contribution in [0.15, 0.2) is 54.6 Å². The normalized spacial score (nSPS) is 29.2. The number of para-hydroxylation sites is 1. The van der Waals surface area contributed by atoms with Gasteiger partial charge in [-0.1, -0.05) is 61.4 Å². The van der Waals surface area contributed by atoms with Crippen LogP contribution in [0.3, 0.4) is 0 Å². The number of anilines is 1. The molecule has 1 saturated heterocycles. The van der Waals surface area contributed by atoms with Crippen molar-refractivity contribution >= 4 is 5.69 Å². The highest BCUT2D eigenvalue weighted by atomic mass is 15.4. The zero-order valence-electron chi connectivity index (χ0n) is 15.7. The van der Waals surface area contributed by atoms with Gasteiger partial charge in [-0.2, -0.15) is 0 Å². The quantitative estimate of drug-likeness (QED) is 0.851. The summed E-state index contributed by atoms with van der Waals surface area (Å²) in [6, 6.07) is 19.8. The summed E-state index contributed by atoms with van der Waals surface area (Å²) in [5.74, 6) is 0.646. The van der Waals surface area contributed by atoms with Gasteiger partial charge in [-0.15, -0.1) is 0 Å². The van der Waals surface area contributed by atoms with Gasteiger partial charge >= 0.3 is 0 Å². The lowest BCUT2D eigenvalue weighted by atomic mass is 9.93. The molecular weight excluding hydrogens is 292 g/mol. The van der Waals surface area contributed by atoms with E-state index in [9.17, 15) is 0 Å². The zero-order valence-corrected chi connectivity index (χ0v) is 14.7. The second kappa shape index (κ2) is 6.60. The monoisotopic (exact) mass is 321 g/mol. The molecule has 3 atom stereocenters. The third kappa shape index (κ3) is 2.73. The first-order chi connectivity index (χ1) is 12.2. The minimum absolute atomic E-state index is 0.0112. The summed E-state index contributed by atoms with van der Waals surface area (Å²) in [6.45, 7) is 4.50. The van der Waals surface area contributed by atoms with Crippen molar-refractivity contribution in [1.29, 1.82) is 0 Å². The third-order valence-electron chi connectivity index (χ3n) is 5.88. The number of rotatable bonds is 3. The summed E-state index contributed by atoms with van der Waals surface area (Å²) in [4.78, 5) is 2.49. The minimum Gasteiger partial charge on any atom is -0.347 e. The van der Waals surface area contributed by atoms with Gasteiger partial charge in [0.2, 0.25) is 0 Å². The molecule has 0 spiro atoms. The SMILES string of the molecule is [2H]N1C(C2CCCC2)[C@H](C)N(c2ccccc2C)C1c1ccccc1. The fraction of sp³-hybridized carbons (Fsp3) is 0.455. The molecule has 2 aromatic rings. The van der Waals surface area contributed by atoms with Crippen molar-refractivity contribution in [2.75, 3.05) is 4.90 Å². The van der Waals surface area contributed by atoms with Crippen LogP contribution >= 0.6 is 0 Å². The van der Waals surface area contributed by atoms with Crippen LogP contribution in [0.1, 0.15) is 49.9 Å². The topological polar surface area (TPSA) is 15.3 Å². The molecule has 0 bridgehead atoms. The highest BCUT2D eigenvalue weighted by Gasteiger charge is 2.43. The first kappa shape index (κ1) is 14.5. The molecule has 1 N–H and O–H groups in total. The van der Waals surface area contributed by atoms with E-state index in [0.717, 1.165) is 0 Å². The Hall–Kier alpha value is -1.80. The maximum atomic E-state index is 9.02. The molecule has 0 amide bonds. The average Bonchev–Trinajstić information content (AvgIpc) is 3.23. The van der Waals surface area contributed by atoms with E-state index in [1.807, 2.05) is 5.31 Å². The molecule has 1 heterocycles. The Bertz CT molecular complexity index is 711. The Morgan fingerprint density at radius 2 is 1.67 bits per heavy atom. The van der Waals surface area contributed by atoms with E-state index in [1.54, 1.807) is 0 Å². The molecule has 2 aromatic carbocycles. The molecule has 1 aliphatic carbocycles. The van der Waals surface area contributed by atoms with Gasteiger partial charge < -0.3 is 4.90 Å². The summed E-state index contributed by atoms with van der Waals surface area (Å²) >= 11 is 0. The second-order valence-electron chi connectivity index (χ2n) is 7.40. The molecule has 0 aromatic heterocycles. The van der Waals surface area contributed by atoms with Crippen molar-refractivity contribution in [1.82, 2.24) is 5.31 Å². The number of nitrogens with zero attached hydrogens (tertiary/aromatic N) is 1. The maximum absolute atomic E-state index is 9.02. The number of benzene rings is 2. The molecule has 2 fully saturated rings. The first-order valence-electron chi connectivity index (χ1n) is 9.79. The van der Waals surface area contributed by atoms with Crippen LogP contribution < -0.4 is 10.2 Å². The van der Waals surface area contributed by atoms with E-state index < -0.39 is 0 Å². The predicted molar refractivity (Wildman–Crippen MR) is 101 cm³/mol. The molecule has 2 nitrogen and oxygen atoms in total. The summed E-state index contributed by atoms with van der Waals surface area (Å²) in [5, 5.41) is 1.91. The molecule has 1 aliphatic heterocycles. The minimum atomic E-state index is -0.0112. The summed E-state index contributed by atoms with van der Waals surface area (Å²) in [7, 11) is 0. The Balaban J connectivity index is 1.79. The molecule has 4 rings (SSSR count). The summed E-state index contributed by atoms with van der Waals surface area (Å²) in [5.41, 5.74) is 3.77. The van der Waals surface area contributed by atoms with Crippen molar-refractivity contribution in [2.45, 2.75) is 57.8 Å². The van der Waals surface area contributed by atoms with Crippen molar-refractivity contribution in [3.8, 4) is 0 Å². The fourth-order valence-corrected chi connectivity index (χ4v) is 4.64. The van der Waals surface area contributed by atoms with Crippen LogP contribution in [0, 0.1) is 12.8 Å². The van der Waals surface area contributed by atoms with Crippen molar-refractivity contribution in [3.63, 3.8) is 0 Å². The molecule has 0 radical (unpaired) electrons. The Morgan fingerprint density at radius 1 is 1.00 bits per heavy atom. The van der Waals surface area contributed by atoms with Crippen molar-refractivity contribution in [2.24, 2.45) is 5.92 Å². The fourth-order valence-electron chi connectivity index (χ4n) is 4.64. The van der Waals surface area contributed by atoms with Crippen LogP contribution in [-0.2, 0) is 0 Å². The van der Waals surface area contributed by atoms with Gasteiger partial charge in [-0.3, -0.25) is 5.31 Å². The summed E-state index contributed by atoms with van der Waals surface area (Å²) < 4.78 is 9.02.